The molecule has 0 radical (unpaired) electrons. The average Bonchev–Trinajstić information content (AvgIpc) is 2.90. The Hall–Kier alpha value is -3.85. The van der Waals surface area contributed by atoms with E-state index in [1.54, 1.807) is 12.1 Å². The zero-order valence-electron chi connectivity index (χ0n) is 22.0. The summed E-state index contributed by atoms with van der Waals surface area (Å²) in [5, 5.41) is 9.29. The number of fused-ring (bicyclic) bond motifs is 1. The van der Waals surface area contributed by atoms with Crippen LogP contribution in [0.25, 0.3) is 22.3 Å². The molecule has 3 heteroatoms. The summed E-state index contributed by atoms with van der Waals surface area (Å²) < 4.78 is 6.38. The van der Waals surface area contributed by atoms with Crippen LogP contribution in [0, 0.1) is 0 Å². The lowest BCUT2D eigenvalue weighted by atomic mass is 9.63. The first-order valence-electron chi connectivity index (χ1n) is 12.9. The van der Waals surface area contributed by atoms with E-state index in [-0.39, 0.29) is 16.4 Å². The van der Waals surface area contributed by atoms with E-state index >= 15 is 0 Å². The van der Waals surface area contributed by atoms with Crippen LogP contribution in [0.2, 0.25) is 0 Å². The van der Waals surface area contributed by atoms with E-state index < -0.39 is 5.97 Å². The number of hydrogen-bond donors (Lipinski definition) is 1. The molecular weight excluding hydrogens is 456 g/mol. The molecule has 37 heavy (non-hydrogen) atoms. The number of hydrogen-bond acceptors (Lipinski definition) is 2. The molecule has 0 unspecified atom stereocenters. The molecule has 3 nitrogen and oxygen atoms in total. The van der Waals surface area contributed by atoms with E-state index in [4.69, 9.17) is 4.74 Å². The van der Waals surface area contributed by atoms with Crippen molar-refractivity contribution in [3.05, 3.63) is 113 Å². The first-order chi connectivity index (χ1) is 17.6. The predicted molar refractivity (Wildman–Crippen MR) is 150 cm³/mol. The first-order valence-corrected chi connectivity index (χ1v) is 12.9. The van der Waals surface area contributed by atoms with Gasteiger partial charge in [-0.05, 0) is 81.3 Å². The van der Waals surface area contributed by atoms with Crippen LogP contribution in [-0.2, 0) is 17.4 Å². The van der Waals surface area contributed by atoms with E-state index in [0.717, 1.165) is 40.0 Å². The summed E-state index contributed by atoms with van der Waals surface area (Å²) in [7, 11) is 0. The number of rotatable bonds is 6. The van der Waals surface area contributed by atoms with Crippen molar-refractivity contribution in [2.45, 2.75) is 58.0 Å². The van der Waals surface area contributed by atoms with Gasteiger partial charge in [0.05, 0.1) is 5.56 Å². The molecule has 5 rings (SSSR count). The van der Waals surface area contributed by atoms with Gasteiger partial charge in [0, 0.05) is 5.56 Å². The van der Waals surface area contributed by atoms with Crippen LogP contribution in [0.5, 0.6) is 5.75 Å². The Bertz CT molecular complexity index is 1430. The SMILES string of the molecule is CC1(C)CCC(C)(C)c2cc(-c3cc(-c4ccc(C(=O)O)cc4)ccc3OCc3ccccc3)ccc21. The molecule has 0 saturated heterocycles. The maximum atomic E-state index is 11.3. The third kappa shape index (κ3) is 5.04. The largest absolute Gasteiger partial charge is 0.488 e. The van der Waals surface area contributed by atoms with Gasteiger partial charge < -0.3 is 9.84 Å². The van der Waals surface area contributed by atoms with Crippen molar-refractivity contribution < 1.29 is 14.6 Å². The maximum Gasteiger partial charge on any atom is 0.335 e. The molecule has 188 valence electrons. The van der Waals surface area contributed by atoms with Crippen molar-refractivity contribution >= 4 is 5.97 Å². The van der Waals surface area contributed by atoms with E-state index in [9.17, 15) is 9.90 Å². The fourth-order valence-corrected chi connectivity index (χ4v) is 5.36. The Balaban J connectivity index is 1.60. The normalized spacial score (nSPS) is 15.6. The maximum absolute atomic E-state index is 11.3. The van der Waals surface area contributed by atoms with E-state index in [2.05, 4.69) is 64.1 Å². The third-order valence-electron chi connectivity index (χ3n) is 7.85. The summed E-state index contributed by atoms with van der Waals surface area (Å²) in [6, 6.07) is 30.4. The number of carbonyl (C=O) groups is 1. The topological polar surface area (TPSA) is 46.5 Å². The zero-order valence-corrected chi connectivity index (χ0v) is 22.0. The van der Waals surface area contributed by atoms with Gasteiger partial charge in [-0.25, -0.2) is 4.79 Å². The van der Waals surface area contributed by atoms with Gasteiger partial charge in [-0.15, -0.1) is 0 Å². The summed E-state index contributed by atoms with van der Waals surface area (Å²) in [4.78, 5) is 11.3. The highest BCUT2D eigenvalue weighted by atomic mass is 16.5. The molecule has 0 aliphatic heterocycles. The van der Waals surface area contributed by atoms with Crippen LogP contribution in [0.15, 0.2) is 91.0 Å². The molecule has 1 aliphatic carbocycles. The molecule has 0 amide bonds. The number of ether oxygens (including phenoxy) is 1. The molecule has 1 N–H and O–H groups in total. The van der Waals surface area contributed by atoms with Gasteiger partial charge >= 0.3 is 5.97 Å². The average molecular weight is 491 g/mol. The fourth-order valence-electron chi connectivity index (χ4n) is 5.36. The minimum absolute atomic E-state index is 0.107. The molecule has 4 aromatic carbocycles. The van der Waals surface area contributed by atoms with Crippen LogP contribution in [0.1, 0.15) is 67.6 Å². The van der Waals surface area contributed by atoms with Gasteiger partial charge in [0.2, 0.25) is 0 Å². The van der Waals surface area contributed by atoms with Crippen LogP contribution < -0.4 is 4.74 Å². The number of aromatic carboxylic acids is 1. The molecule has 0 saturated carbocycles. The molecule has 0 heterocycles. The van der Waals surface area contributed by atoms with Crippen molar-refractivity contribution in [2.24, 2.45) is 0 Å². The lowest BCUT2D eigenvalue weighted by molar-refractivity contribution is 0.0697. The number of benzene rings is 4. The highest BCUT2D eigenvalue weighted by molar-refractivity contribution is 5.88. The Morgan fingerprint density at radius 3 is 2.03 bits per heavy atom. The molecule has 4 aromatic rings. The van der Waals surface area contributed by atoms with Gasteiger partial charge in [-0.1, -0.05) is 94.4 Å². The number of carboxylic acid groups (broad SMARTS) is 1. The lowest BCUT2D eigenvalue weighted by Gasteiger charge is -2.42. The molecule has 0 atom stereocenters. The van der Waals surface area contributed by atoms with Gasteiger partial charge in [0.25, 0.3) is 0 Å². The number of carboxylic acids is 1. The van der Waals surface area contributed by atoms with Crippen molar-refractivity contribution in [1.82, 2.24) is 0 Å². The predicted octanol–water partition coefficient (Wildman–Crippen LogP) is 8.65. The van der Waals surface area contributed by atoms with E-state index in [1.807, 2.05) is 42.5 Å². The van der Waals surface area contributed by atoms with Gasteiger partial charge in [0.1, 0.15) is 12.4 Å². The Morgan fingerprint density at radius 1 is 0.730 bits per heavy atom. The highest BCUT2D eigenvalue weighted by Gasteiger charge is 2.37. The Labute approximate surface area is 219 Å². The minimum atomic E-state index is -0.920. The van der Waals surface area contributed by atoms with Crippen LogP contribution in [0.4, 0.5) is 0 Å². The smallest absolute Gasteiger partial charge is 0.335 e. The van der Waals surface area contributed by atoms with Crippen LogP contribution in [0.3, 0.4) is 0 Å². The van der Waals surface area contributed by atoms with Crippen molar-refractivity contribution in [3.8, 4) is 28.0 Å². The van der Waals surface area contributed by atoms with Gasteiger partial charge in [-0.2, -0.15) is 0 Å². The fraction of sp³-hybridized carbons (Fsp3) is 0.265. The Morgan fingerprint density at radius 2 is 1.35 bits per heavy atom. The summed E-state index contributed by atoms with van der Waals surface area (Å²) in [6.07, 6.45) is 2.34. The molecule has 0 aromatic heterocycles. The van der Waals surface area contributed by atoms with Crippen molar-refractivity contribution in [3.63, 3.8) is 0 Å². The quantitative estimate of drug-likeness (QED) is 0.294. The summed E-state index contributed by atoms with van der Waals surface area (Å²) in [6.45, 7) is 9.87. The van der Waals surface area contributed by atoms with Crippen molar-refractivity contribution in [1.29, 1.82) is 0 Å². The van der Waals surface area contributed by atoms with Crippen LogP contribution >= 0.6 is 0 Å². The second kappa shape index (κ2) is 9.55. The molecule has 0 spiro atoms. The summed E-state index contributed by atoms with van der Waals surface area (Å²) in [5.41, 5.74) is 8.68. The zero-order chi connectivity index (χ0) is 26.2. The first kappa shape index (κ1) is 24.8. The monoisotopic (exact) mass is 490 g/mol. The second-order valence-corrected chi connectivity index (χ2v) is 11.4. The van der Waals surface area contributed by atoms with Crippen LogP contribution in [-0.4, -0.2) is 11.1 Å². The minimum Gasteiger partial charge on any atom is -0.488 e. The standard InChI is InChI=1S/C34H34O3/c1-33(2)18-19-34(3,4)30-21-27(14-16-29(30)33)28-20-26(24-10-12-25(13-11-24)32(35)36)15-17-31(28)37-22-23-8-6-5-7-9-23/h5-17,20-21H,18-19,22H2,1-4H3,(H,35,36). The van der Waals surface area contributed by atoms with Gasteiger partial charge in [0.15, 0.2) is 0 Å². The highest BCUT2D eigenvalue weighted by Crippen LogP contribution is 2.47. The van der Waals surface area contributed by atoms with E-state index in [1.165, 1.54) is 17.5 Å². The Kier molecular flexibility index (Phi) is 6.41. The summed E-state index contributed by atoms with van der Waals surface area (Å²) in [5.74, 6) is -0.0842. The van der Waals surface area contributed by atoms with E-state index in [0.29, 0.717) is 6.61 Å². The molecule has 0 bridgehead atoms. The molecule has 0 fully saturated rings. The van der Waals surface area contributed by atoms with Crippen molar-refractivity contribution in [2.75, 3.05) is 0 Å². The second-order valence-electron chi connectivity index (χ2n) is 11.4. The molecule has 1 aliphatic rings. The third-order valence-corrected chi connectivity index (χ3v) is 7.85. The summed E-state index contributed by atoms with van der Waals surface area (Å²) >= 11 is 0. The van der Waals surface area contributed by atoms with Gasteiger partial charge in [-0.3, -0.25) is 0 Å². The lowest BCUT2D eigenvalue weighted by Crippen LogP contribution is -2.33. The molecular formula is C34H34O3.